The number of nitrogens with zero attached hydrogens (tertiary/aromatic N) is 3. The summed E-state index contributed by atoms with van der Waals surface area (Å²) in [6.45, 7) is 5.36. The second kappa shape index (κ2) is 9.94. The highest BCUT2D eigenvalue weighted by molar-refractivity contribution is 5.82. The Bertz CT molecular complexity index is 1230. The number of carbonyl (C=O) groups excluding carboxylic acids is 2. The van der Waals surface area contributed by atoms with Crippen LogP contribution < -0.4 is 5.32 Å². The van der Waals surface area contributed by atoms with Crippen LogP contribution in [0.3, 0.4) is 0 Å². The lowest BCUT2D eigenvalue weighted by Crippen LogP contribution is -2.46. The molecule has 1 heterocycles. The molecule has 0 spiro atoms. The fourth-order valence-corrected chi connectivity index (χ4v) is 4.08. The van der Waals surface area contributed by atoms with Crippen molar-refractivity contribution >= 4 is 12.1 Å². The molecule has 35 heavy (non-hydrogen) atoms. The summed E-state index contributed by atoms with van der Waals surface area (Å²) in [7, 11) is 0. The van der Waals surface area contributed by atoms with Crippen LogP contribution in [-0.4, -0.2) is 40.3 Å². The third kappa shape index (κ3) is 5.64. The van der Waals surface area contributed by atoms with Crippen LogP contribution in [0.4, 0.5) is 4.79 Å². The summed E-state index contributed by atoms with van der Waals surface area (Å²) in [5.41, 5.74) is 4.29. The molecule has 1 aliphatic carbocycles. The largest absolute Gasteiger partial charge is 0.458 e. The first-order chi connectivity index (χ1) is 16.7. The van der Waals surface area contributed by atoms with Gasteiger partial charge in [0.15, 0.2) is 5.69 Å². The van der Waals surface area contributed by atoms with Crippen LogP contribution in [0.25, 0.3) is 11.1 Å². The van der Waals surface area contributed by atoms with Crippen molar-refractivity contribution in [1.82, 2.24) is 15.3 Å². The van der Waals surface area contributed by atoms with Crippen molar-refractivity contribution < 1.29 is 19.1 Å². The molecule has 2 aromatic carbocycles. The van der Waals surface area contributed by atoms with Crippen molar-refractivity contribution in [3.8, 4) is 17.2 Å². The zero-order valence-electron chi connectivity index (χ0n) is 19.8. The quantitative estimate of drug-likeness (QED) is 0.539. The van der Waals surface area contributed by atoms with Crippen molar-refractivity contribution in [1.29, 1.82) is 5.26 Å². The zero-order chi connectivity index (χ0) is 25.0. The number of aromatic nitrogens is 2. The standard InChI is InChI=1S/C27H26N4O4/c1-27(2,3)35-25(32)24(12-17-14-30-18(13-28)15-29-17)31-26(33)34-16-23-21-10-6-4-8-19(21)20-9-5-7-11-22(20)23/h4-11,14-15,23-24H,12,16H2,1-3H3,(H,31,33)/t24-/m0/s1. The van der Waals surface area contributed by atoms with E-state index in [4.69, 9.17) is 14.7 Å². The molecule has 8 heteroatoms. The first-order valence-electron chi connectivity index (χ1n) is 11.3. The maximum absolute atomic E-state index is 12.8. The van der Waals surface area contributed by atoms with E-state index in [9.17, 15) is 9.59 Å². The van der Waals surface area contributed by atoms with Gasteiger partial charge in [-0.15, -0.1) is 0 Å². The molecule has 1 amide bonds. The van der Waals surface area contributed by atoms with Crippen LogP contribution in [0.5, 0.6) is 0 Å². The van der Waals surface area contributed by atoms with E-state index in [0.29, 0.717) is 5.69 Å². The van der Waals surface area contributed by atoms with Gasteiger partial charge in [-0.25, -0.2) is 14.6 Å². The average molecular weight is 471 g/mol. The molecular formula is C27H26N4O4. The van der Waals surface area contributed by atoms with Gasteiger partial charge >= 0.3 is 12.1 Å². The summed E-state index contributed by atoms with van der Waals surface area (Å²) < 4.78 is 11.1. The molecule has 1 aliphatic rings. The van der Waals surface area contributed by atoms with Crippen molar-refractivity contribution in [3.63, 3.8) is 0 Å². The van der Waals surface area contributed by atoms with Gasteiger partial charge in [0, 0.05) is 12.3 Å². The number of hydrogen-bond acceptors (Lipinski definition) is 7. The molecule has 3 aromatic rings. The first kappa shape index (κ1) is 23.9. The lowest BCUT2D eigenvalue weighted by molar-refractivity contribution is -0.157. The molecular weight excluding hydrogens is 444 g/mol. The lowest BCUT2D eigenvalue weighted by atomic mass is 9.98. The number of esters is 1. The fourth-order valence-electron chi connectivity index (χ4n) is 4.08. The van der Waals surface area contributed by atoms with E-state index in [1.54, 1.807) is 20.8 Å². The van der Waals surface area contributed by atoms with E-state index in [1.807, 2.05) is 42.5 Å². The number of fused-ring (bicyclic) bond motifs is 3. The summed E-state index contributed by atoms with van der Waals surface area (Å²) >= 11 is 0. The van der Waals surface area contributed by atoms with E-state index in [-0.39, 0.29) is 24.6 Å². The Morgan fingerprint density at radius 3 is 2.20 bits per heavy atom. The molecule has 1 atom stereocenters. The summed E-state index contributed by atoms with van der Waals surface area (Å²) in [6.07, 6.45) is 2.02. The van der Waals surface area contributed by atoms with Crippen LogP contribution in [0.2, 0.25) is 0 Å². The first-order valence-corrected chi connectivity index (χ1v) is 11.3. The minimum Gasteiger partial charge on any atom is -0.458 e. The molecule has 0 fully saturated rings. The number of nitrogens with one attached hydrogen (secondary N) is 1. The maximum atomic E-state index is 12.8. The molecule has 8 nitrogen and oxygen atoms in total. The maximum Gasteiger partial charge on any atom is 0.407 e. The van der Waals surface area contributed by atoms with Crippen LogP contribution in [0.1, 0.15) is 49.2 Å². The minimum atomic E-state index is -1.04. The number of amides is 1. The Balaban J connectivity index is 1.47. The molecule has 178 valence electrons. The molecule has 0 aliphatic heterocycles. The van der Waals surface area contributed by atoms with E-state index < -0.39 is 23.7 Å². The highest BCUT2D eigenvalue weighted by Crippen LogP contribution is 2.44. The predicted molar refractivity (Wildman–Crippen MR) is 128 cm³/mol. The van der Waals surface area contributed by atoms with Crippen LogP contribution in [-0.2, 0) is 20.7 Å². The van der Waals surface area contributed by atoms with Crippen LogP contribution in [0, 0.1) is 11.3 Å². The van der Waals surface area contributed by atoms with Gasteiger partial charge in [-0.1, -0.05) is 48.5 Å². The van der Waals surface area contributed by atoms with Gasteiger partial charge in [-0.3, -0.25) is 4.98 Å². The third-order valence-corrected chi connectivity index (χ3v) is 5.56. The van der Waals surface area contributed by atoms with E-state index in [2.05, 4.69) is 27.4 Å². The Morgan fingerprint density at radius 1 is 1.03 bits per heavy atom. The number of rotatable bonds is 6. The Kier molecular flexibility index (Phi) is 6.78. The highest BCUT2D eigenvalue weighted by atomic mass is 16.6. The second-order valence-corrected chi connectivity index (χ2v) is 9.26. The monoisotopic (exact) mass is 470 g/mol. The summed E-state index contributed by atoms with van der Waals surface area (Å²) in [5.74, 6) is -0.713. The lowest BCUT2D eigenvalue weighted by Gasteiger charge is -2.24. The topological polar surface area (TPSA) is 114 Å². The molecule has 1 N–H and O–H groups in total. The zero-order valence-corrected chi connectivity index (χ0v) is 19.8. The SMILES string of the molecule is CC(C)(C)OC(=O)[C@H](Cc1cnc(C#N)cn1)NC(=O)OCC1c2ccccc2-c2ccccc21. The molecule has 0 radical (unpaired) electrons. The number of carbonyl (C=O) groups is 2. The van der Waals surface area contributed by atoms with Gasteiger partial charge in [0.2, 0.25) is 0 Å². The third-order valence-electron chi connectivity index (χ3n) is 5.56. The van der Waals surface area contributed by atoms with Crippen molar-refractivity contribution in [2.75, 3.05) is 6.61 Å². The number of hydrogen-bond donors (Lipinski definition) is 1. The van der Waals surface area contributed by atoms with Crippen LogP contribution in [0.15, 0.2) is 60.9 Å². The number of nitriles is 1. The van der Waals surface area contributed by atoms with Gasteiger partial charge in [-0.2, -0.15) is 5.26 Å². The molecule has 1 aromatic heterocycles. The predicted octanol–water partition coefficient (Wildman–Crippen LogP) is 4.14. The summed E-state index contributed by atoms with van der Waals surface area (Å²) in [5, 5.41) is 11.5. The fraction of sp³-hybridized carbons (Fsp3) is 0.296. The molecule has 0 unspecified atom stereocenters. The number of ether oxygens (including phenoxy) is 2. The van der Waals surface area contributed by atoms with E-state index in [1.165, 1.54) is 12.4 Å². The van der Waals surface area contributed by atoms with Crippen molar-refractivity contribution in [2.24, 2.45) is 0 Å². The van der Waals surface area contributed by atoms with Gasteiger partial charge in [0.25, 0.3) is 0 Å². The van der Waals surface area contributed by atoms with Gasteiger partial charge < -0.3 is 14.8 Å². The normalized spacial score (nSPS) is 13.2. The second-order valence-electron chi connectivity index (χ2n) is 9.26. The van der Waals surface area contributed by atoms with E-state index in [0.717, 1.165) is 22.3 Å². The van der Waals surface area contributed by atoms with Gasteiger partial charge in [0.1, 0.15) is 24.3 Å². The number of benzene rings is 2. The van der Waals surface area contributed by atoms with Crippen LogP contribution >= 0.6 is 0 Å². The Hall–Kier alpha value is -4.25. The molecule has 0 saturated carbocycles. The highest BCUT2D eigenvalue weighted by Gasteiger charge is 2.31. The number of alkyl carbamates (subject to hydrolysis) is 1. The molecule has 0 bridgehead atoms. The van der Waals surface area contributed by atoms with E-state index >= 15 is 0 Å². The van der Waals surface area contributed by atoms with Gasteiger partial charge in [-0.05, 0) is 43.0 Å². The average Bonchev–Trinajstić information content (AvgIpc) is 3.15. The smallest absolute Gasteiger partial charge is 0.407 e. The van der Waals surface area contributed by atoms with Crippen molar-refractivity contribution in [3.05, 3.63) is 83.4 Å². The van der Waals surface area contributed by atoms with Gasteiger partial charge in [0.05, 0.1) is 18.1 Å². The Morgan fingerprint density at radius 2 is 1.66 bits per heavy atom. The Labute approximate surface area is 203 Å². The van der Waals surface area contributed by atoms with Crippen molar-refractivity contribution in [2.45, 2.75) is 44.8 Å². The summed E-state index contributed by atoms with van der Waals surface area (Å²) in [4.78, 5) is 33.7. The minimum absolute atomic E-state index is 0.0395. The summed E-state index contributed by atoms with van der Waals surface area (Å²) in [6, 6.07) is 17.0. The molecule has 0 saturated heterocycles. The molecule has 4 rings (SSSR count).